The van der Waals surface area contributed by atoms with E-state index in [0.717, 1.165) is 35.1 Å². The molecule has 116 valence electrons. The Labute approximate surface area is 134 Å². The lowest BCUT2D eigenvalue weighted by atomic mass is 10.1. The van der Waals surface area contributed by atoms with E-state index in [4.69, 9.17) is 9.47 Å². The van der Waals surface area contributed by atoms with Crippen LogP contribution in [0.3, 0.4) is 0 Å². The highest BCUT2D eigenvalue weighted by Gasteiger charge is 2.25. The smallest absolute Gasteiger partial charge is 0.156 e. The van der Waals surface area contributed by atoms with Gasteiger partial charge in [0.15, 0.2) is 5.82 Å². The summed E-state index contributed by atoms with van der Waals surface area (Å²) in [5, 5.41) is 10.9. The van der Waals surface area contributed by atoms with E-state index in [9.17, 15) is 0 Å². The molecule has 0 aliphatic heterocycles. The summed E-state index contributed by atoms with van der Waals surface area (Å²) in [6.07, 6.45) is 0.838. The number of anilines is 2. The van der Waals surface area contributed by atoms with Gasteiger partial charge >= 0.3 is 0 Å². The fraction of sp³-hybridized carbons (Fsp3) is 0.167. The van der Waals surface area contributed by atoms with Crippen molar-refractivity contribution in [3.63, 3.8) is 0 Å². The summed E-state index contributed by atoms with van der Waals surface area (Å²) in [5.74, 6) is 2.54. The van der Waals surface area contributed by atoms with E-state index < -0.39 is 0 Å². The van der Waals surface area contributed by atoms with Gasteiger partial charge in [0.25, 0.3) is 0 Å². The van der Waals surface area contributed by atoms with Crippen LogP contribution in [0.5, 0.6) is 11.5 Å². The lowest BCUT2D eigenvalue weighted by Gasteiger charge is -2.07. The molecule has 1 aromatic heterocycles. The van der Waals surface area contributed by atoms with Crippen molar-refractivity contribution in [1.82, 2.24) is 10.2 Å². The van der Waals surface area contributed by atoms with Gasteiger partial charge in [-0.15, -0.1) is 0 Å². The fourth-order valence-electron chi connectivity index (χ4n) is 2.98. The predicted octanol–water partition coefficient (Wildman–Crippen LogP) is 3.74. The van der Waals surface area contributed by atoms with Crippen LogP contribution in [0, 0.1) is 0 Å². The average molecular weight is 307 g/mol. The number of nitrogens with one attached hydrogen (secondary N) is 2. The first-order valence-corrected chi connectivity index (χ1v) is 7.44. The van der Waals surface area contributed by atoms with Crippen LogP contribution in [-0.2, 0) is 6.42 Å². The zero-order valence-electron chi connectivity index (χ0n) is 13.0. The minimum atomic E-state index is 0.815. The van der Waals surface area contributed by atoms with E-state index in [1.807, 2.05) is 30.3 Å². The molecule has 1 aliphatic rings. The summed E-state index contributed by atoms with van der Waals surface area (Å²) in [6.45, 7) is 0. The predicted molar refractivity (Wildman–Crippen MR) is 89.7 cm³/mol. The van der Waals surface area contributed by atoms with Gasteiger partial charge in [-0.25, -0.2) is 0 Å². The number of aromatic nitrogens is 2. The summed E-state index contributed by atoms with van der Waals surface area (Å²) in [4.78, 5) is 0. The van der Waals surface area contributed by atoms with Crippen molar-refractivity contribution >= 4 is 11.5 Å². The maximum absolute atomic E-state index is 5.31. The maximum atomic E-state index is 5.31. The molecule has 0 atom stereocenters. The second-order valence-corrected chi connectivity index (χ2v) is 5.48. The van der Waals surface area contributed by atoms with Crippen molar-refractivity contribution in [3.8, 4) is 22.8 Å². The molecule has 2 N–H and O–H groups in total. The molecule has 0 radical (unpaired) electrons. The molecule has 23 heavy (non-hydrogen) atoms. The van der Waals surface area contributed by atoms with E-state index in [2.05, 4.69) is 27.6 Å². The fourth-order valence-corrected chi connectivity index (χ4v) is 2.98. The van der Waals surface area contributed by atoms with Crippen LogP contribution in [0.1, 0.15) is 11.1 Å². The molecule has 0 saturated heterocycles. The Morgan fingerprint density at radius 3 is 2.70 bits per heavy atom. The van der Waals surface area contributed by atoms with Crippen LogP contribution < -0.4 is 14.8 Å². The monoisotopic (exact) mass is 307 g/mol. The number of fused-ring (bicyclic) bond motifs is 3. The quantitative estimate of drug-likeness (QED) is 0.603. The second-order valence-electron chi connectivity index (χ2n) is 5.48. The molecule has 3 aromatic rings. The Bertz CT molecular complexity index is 870. The number of nitrogens with zero attached hydrogens (tertiary/aromatic N) is 1. The molecule has 1 aliphatic carbocycles. The van der Waals surface area contributed by atoms with E-state index in [0.29, 0.717) is 0 Å². The van der Waals surface area contributed by atoms with Crippen molar-refractivity contribution in [1.29, 1.82) is 0 Å². The normalized spacial score (nSPS) is 11.7. The molecule has 1 heterocycles. The van der Waals surface area contributed by atoms with Crippen molar-refractivity contribution in [2.45, 2.75) is 6.42 Å². The number of methoxy groups -OCH3 is 2. The van der Waals surface area contributed by atoms with E-state index in [1.165, 1.54) is 16.7 Å². The van der Waals surface area contributed by atoms with Crippen molar-refractivity contribution in [2.75, 3.05) is 19.5 Å². The summed E-state index contributed by atoms with van der Waals surface area (Å²) < 4.78 is 10.6. The molecule has 0 saturated carbocycles. The highest BCUT2D eigenvalue weighted by Crippen LogP contribution is 2.40. The Hall–Kier alpha value is -2.95. The molecule has 2 aromatic carbocycles. The highest BCUT2D eigenvalue weighted by molar-refractivity contribution is 5.80. The van der Waals surface area contributed by atoms with Crippen LogP contribution >= 0.6 is 0 Å². The van der Waals surface area contributed by atoms with Gasteiger partial charge in [0.05, 0.1) is 19.9 Å². The number of aromatic amines is 1. The topological polar surface area (TPSA) is 59.2 Å². The number of hydrogen-bond donors (Lipinski definition) is 2. The molecule has 0 fully saturated rings. The first kappa shape index (κ1) is 13.7. The van der Waals surface area contributed by atoms with Crippen LogP contribution in [0.15, 0.2) is 42.5 Å². The zero-order chi connectivity index (χ0) is 15.8. The summed E-state index contributed by atoms with van der Waals surface area (Å²) >= 11 is 0. The first-order chi connectivity index (χ1) is 11.3. The minimum absolute atomic E-state index is 0.815. The van der Waals surface area contributed by atoms with Gasteiger partial charge in [-0.3, -0.25) is 5.10 Å². The van der Waals surface area contributed by atoms with Crippen molar-refractivity contribution < 1.29 is 9.47 Å². The molecule has 0 unspecified atom stereocenters. The Morgan fingerprint density at radius 2 is 1.87 bits per heavy atom. The van der Waals surface area contributed by atoms with Gasteiger partial charge in [-0.1, -0.05) is 6.07 Å². The van der Waals surface area contributed by atoms with Crippen molar-refractivity contribution in [3.05, 3.63) is 53.6 Å². The summed E-state index contributed by atoms with van der Waals surface area (Å²) in [6, 6.07) is 14.0. The number of H-pyrrole nitrogens is 1. The van der Waals surface area contributed by atoms with Gasteiger partial charge in [0.2, 0.25) is 0 Å². The third-order valence-electron chi connectivity index (χ3n) is 4.15. The average Bonchev–Trinajstić information content (AvgIpc) is 3.14. The lowest BCUT2D eigenvalue weighted by Crippen LogP contribution is -1.95. The van der Waals surface area contributed by atoms with E-state index in [1.54, 1.807) is 14.2 Å². The minimum Gasteiger partial charge on any atom is -0.497 e. The van der Waals surface area contributed by atoms with E-state index >= 15 is 0 Å². The lowest BCUT2D eigenvalue weighted by molar-refractivity contribution is 0.414. The molecular weight excluding hydrogens is 290 g/mol. The van der Waals surface area contributed by atoms with Gasteiger partial charge < -0.3 is 14.8 Å². The molecule has 0 amide bonds. The highest BCUT2D eigenvalue weighted by atomic mass is 16.5. The van der Waals surface area contributed by atoms with Crippen LogP contribution in [-0.4, -0.2) is 24.4 Å². The molecule has 0 spiro atoms. The number of hydrogen-bond acceptors (Lipinski definition) is 4. The second kappa shape index (κ2) is 5.35. The number of ether oxygens (including phenoxy) is 2. The van der Waals surface area contributed by atoms with Gasteiger partial charge in [-0.05, 0) is 35.9 Å². The summed E-state index contributed by atoms with van der Waals surface area (Å²) in [7, 11) is 3.35. The Morgan fingerprint density at radius 1 is 1.04 bits per heavy atom. The SMILES string of the molecule is COc1cccc(Nc2n[nH]c3c2Cc2cc(OC)ccc2-3)c1. The third-order valence-corrected chi connectivity index (χ3v) is 4.15. The van der Waals surface area contributed by atoms with Gasteiger partial charge in [0.1, 0.15) is 11.5 Å². The Kier molecular flexibility index (Phi) is 3.19. The van der Waals surface area contributed by atoms with Gasteiger partial charge in [-0.2, -0.15) is 5.10 Å². The molecule has 5 heteroatoms. The molecule has 4 rings (SSSR count). The largest absolute Gasteiger partial charge is 0.497 e. The zero-order valence-corrected chi connectivity index (χ0v) is 13.0. The standard InChI is InChI=1S/C18H17N3O2/c1-22-13-5-3-4-12(10-13)19-18-16-9-11-8-14(23-2)6-7-15(11)17(16)20-21-18/h3-8,10H,9H2,1-2H3,(H2,19,20,21). The molecule has 5 nitrogen and oxygen atoms in total. The van der Waals surface area contributed by atoms with Crippen LogP contribution in [0.2, 0.25) is 0 Å². The first-order valence-electron chi connectivity index (χ1n) is 7.44. The third kappa shape index (κ3) is 2.30. The number of benzene rings is 2. The number of rotatable bonds is 4. The Balaban J connectivity index is 1.66. The molecule has 0 bridgehead atoms. The van der Waals surface area contributed by atoms with Crippen LogP contribution in [0.25, 0.3) is 11.3 Å². The molecular formula is C18H17N3O2. The summed E-state index contributed by atoms with van der Waals surface area (Å²) in [5.41, 5.74) is 5.64. The van der Waals surface area contributed by atoms with Crippen molar-refractivity contribution in [2.24, 2.45) is 0 Å². The van der Waals surface area contributed by atoms with Crippen LogP contribution in [0.4, 0.5) is 11.5 Å². The maximum Gasteiger partial charge on any atom is 0.156 e. The van der Waals surface area contributed by atoms with E-state index in [-0.39, 0.29) is 0 Å². The van der Waals surface area contributed by atoms with Gasteiger partial charge in [0, 0.05) is 29.3 Å².